The Kier molecular flexibility index (Phi) is 26.8. The van der Waals surface area contributed by atoms with Gasteiger partial charge in [0.15, 0.2) is 5.79 Å². The third-order valence-electron chi connectivity index (χ3n) is 21.4. The van der Waals surface area contributed by atoms with Gasteiger partial charge in [-0.05, 0) is 120 Å². The maximum absolute atomic E-state index is 14.6. The van der Waals surface area contributed by atoms with Crippen LogP contribution >= 0.6 is 0 Å². The summed E-state index contributed by atoms with van der Waals surface area (Å²) in [7, 11) is 1.59. The molecule has 2 aromatic heterocycles. The van der Waals surface area contributed by atoms with Gasteiger partial charge in [-0.3, -0.25) is 38.6 Å². The van der Waals surface area contributed by atoms with E-state index in [2.05, 4.69) is 80.4 Å². The van der Waals surface area contributed by atoms with E-state index < -0.39 is 84.7 Å². The van der Waals surface area contributed by atoms with Crippen LogP contribution < -0.4 is 21.3 Å². The monoisotopic (exact) mass is 1500 g/mol. The molecule has 0 aliphatic carbocycles. The molecule has 4 amide bonds. The zero-order valence-corrected chi connectivity index (χ0v) is 59.7. The van der Waals surface area contributed by atoms with Crippen molar-refractivity contribution in [2.75, 3.05) is 39.8 Å². The van der Waals surface area contributed by atoms with E-state index in [0.717, 1.165) is 82.1 Å². The molecular formula is C69H103N10O15STb-. The van der Waals surface area contributed by atoms with Gasteiger partial charge in [0.05, 0.1) is 79.9 Å². The Hall–Kier alpha value is -3.68. The van der Waals surface area contributed by atoms with Gasteiger partial charge in [-0.1, -0.05) is 59.4 Å². The number of amides is 4. The van der Waals surface area contributed by atoms with Gasteiger partial charge in [0.25, 0.3) is 0 Å². The first-order valence-corrected chi connectivity index (χ1v) is 35.8. The number of unbranched alkanes of at least 4 members (excludes halogenated alkanes) is 3. The molecule has 0 aromatic carbocycles. The molecule has 10 aliphatic rings. The molecule has 12 rings (SSSR count). The second-order valence-corrected chi connectivity index (χ2v) is 28.9. The van der Waals surface area contributed by atoms with Gasteiger partial charge in [0, 0.05) is 133 Å². The van der Waals surface area contributed by atoms with Crippen molar-refractivity contribution in [3.8, 4) is 11.3 Å². The minimum Gasteiger partial charge on any atom is -0.740 e. The molecule has 1 radical (unpaired) electrons. The number of ketones is 1. The number of rotatable bonds is 26. The maximum Gasteiger partial charge on any atom is 0.243 e. The average Bonchev–Trinajstić information content (AvgIpc) is 1.55. The molecule has 5 N–H and O–H groups in total. The minimum absolute atomic E-state index is 0. The molecule has 25 nitrogen and oxygen atoms in total. The van der Waals surface area contributed by atoms with E-state index >= 15 is 0 Å². The number of aliphatic hydroxyl groups excluding tert-OH is 1. The van der Waals surface area contributed by atoms with Crippen LogP contribution in [0.3, 0.4) is 0 Å². The fraction of sp³-hybridized carbons (Fsp3) is 0.783. The first-order chi connectivity index (χ1) is 45.8. The molecular weight excluding hydrogens is 1400 g/mol. The van der Waals surface area contributed by atoms with E-state index in [9.17, 15) is 29.1 Å². The molecule has 10 fully saturated rings. The number of fused-ring (bicyclic) bond motifs is 6. The third-order valence-corrected chi connectivity index (χ3v) is 21.6. The Labute approximate surface area is 601 Å². The summed E-state index contributed by atoms with van der Waals surface area (Å²) in [6.45, 7) is 21.6. The Morgan fingerprint density at radius 1 is 0.792 bits per heavy atom. The Bertz CT molecular complexity index is 2980. The second kappa shape index (κ2) is 34.3. The van der Waals surface area contributed by atoms with E-state index in [1.807, 2.05) is 20.0 Å². The van der Waals surface area contributed by atoms with Gasteiger partial charge >= 0.3 is 0 Å². The number of aryl methyl sites for hydroxylation is 1. The molecule has 1 spiro atoms. The number of ether oxygens (including phenoxy) is 9. The Morgan fingerprint density at radius 3 is 2.30 bits per heavy atom. The fourth-order valence-corrected chi connectivity index (χ4v) is 16.2. The predicted octanol–water partition coefficient (Wildman–Crippen LogP) is 5.06. The summed E-state index contributed by atoms with van der Waals surface area (Å²) in [4.78, 5) is 79.8. The Balaban J connectivity index is 0.0000100. The number of hydrogen-bond acceptors (Lipinski definition) is 21. The number of Topliss-reactive ketones (excluding diaryl/α,β-unsaturated/α-hetero) is 1. The van der Waals surface area contributed by atoms with E-state index in [4.69, 9.17) is 55.3 Å². The molecule has 12 bridgehead atoms. The van der Waals surface area contributed by atoms with Crippen molar-refractivity contribution >= 4 is 42.0 Å². The SMILES string of the molecule is C=C1C[C@@H]2CC[C@@]34CC5O[C@H]6[C@@H](O3)[C@H]3O[C@H](CC[C@@H]3O[C@H]6[C@H]5O4)CC(=O)C[C@@H]3[C@@H](OC)[C@@H](C[C@H](O)CNC(=O)CNC(=O)[C@H](CCCCN(CC)CC)NC(=O)[C@@H](NC(=O)CCCCCn4cc(-c5cnc([S-])nc5)nn4)C(C)C)O[C@H]3C[C@H]3O[C@@H](CCC1O2)C[C@@H](C)C3=C.[Tb]. The summed E-state index contributed by atoms with van der Waals surface area (Å²) in [6.07, 6.45) is 10.4. The maximum atomic E-state index is 14.6. The van der Waals surface area contributed by atoms with Crippen LogP contribution in [-0.4, -0.2) is 220 Å². The van der Waals surface area contributed by atoms with Gasteiger partial charge in [-0.25, -0.2) is 0 Å². The van der Waals surface area contributed by atoms with Crippen LogP contribution in [0.1, 0.15) is 163 Å². The quantitative estimate of drug-likeness (QED) is 0.0356. The third kappa shape index (κ3) is 18.5. The molecule has 12 heterocycles. The van der Waals surface area contributed by atoms with Gasteiger partial charge in [-0.2, -0.15) is 0 Å². The number of aliphatic hydroxyl groups is 1. The van der Waals surface area contributed by atoms with Crippen molar-refractivity contribution in [1.82, 2.24) is 51.1 Å². The smallest absolute Gasteiger partial charge is 0.243 e. The van der Waals surface area contributed by atoms with Crippen molar-refractivity contribution in [2.45, 2.75) is 290 Å². The fourth-order valence-electron chi connectivity index (χ4n) is 16.1. The molecule has 2 aromatic rings. The van der Waals surface area contributed by atoms with Crippen LogP contribution in [0.2, 0.25) is 0 Å². The average molecular weight is 1500 g/mol. The Morgan fingerprint density at radius 2 is 1.53 bits per heavy atom. The summed E-state index contributed by atoms with van der Waals surface area (Å²) in [5.74, 6) is -3.27. The van der Waals surface area contributed by atoms with E-state index in [0.29, 0.717) is 69.2 Å². The standard InChI is InChI=1S/C69H104N10O15S.Tb/c1-9-78(10-2)24-15-13-16-49(74-67(85)59(38(3)4)75-57(82)17-12-11-14-25-79-37-50(76-77-79)42-33-72-68(95)73-34-42)66(84)71-36-58(83)70-35-44(81)30-55-60(86-8)48-29-43(80)28-46-19-21-52-61(89-46)65-64-63(91-52)62-56(92-64)32-69(93-62,94-65)23-22-47-27-40(6)51(87-47)20-18-45-26-39(5)41(7)53(88-45)31-54(48)90-55;/h33-34,37-39,44-49,51-56,59-65,81H,6-7,9-32,35-36H2,1-5,8H3,(H,70,83)(H,71,84)(H,74,85)(H,75,82)(H,72,73,95);/p-1/t39-,44+,45+,46-,47+,48+,49+,51?,52+,53-,54+,55-,56?,59+,60-,61+,62+,63+,64-,65+,69+;/m1./s1. The van der Waals surface area contributed by atoms with Crippen LogP contribution in [-0.2, 0) is 85.8 Å². The zero-order chi connectivity index (χ0) is 67.1. The van der Waals surface area contributed by atoms with Crippen molar-refractivity contribution in [1.29, 1.82) is 0 Å². The molecule has 96 heavy (non-hydrogen) atoms. The van der Waals surface area contributed by atoms with E-state index in [1.54, 1.807) is 24.2 Å². The molecule has 10 saturated heterocycles. The van der Waals surface area contributed by atoms with Crippen molar-refractivity contribution in [2.24, 2.45) is 17.8 Å². The summed E-state index contributed by atoms with van der Waals surface area (Å²) < 4.78 is 62.8. The number of carbonyl (C=O) groups is 5. The van der Waals surface area contributed by atoms with E-state index in [1.165, 1.54) is 0 Å². The van der Waals surface area contributed by atoms with Crippen LogP contribution in [0.25, 0.3) is 11.3 Å². The molecule has 0 saturated carbocycles. The van der Waals surface area contributed by atoms with Gasteiger partial charge in [0.1, 0.15) is 54.1 Å². The largest absolute Gasteiger partial charge is 0.740 e. The molecule has 535 valence electrons. The van der Waals surface area contributed by atoms with Crippen LogP contribution in [0.5, 0.6) is 0 Å². The number of methoxy groups -OCH3 is 1. The normalized spacial score (nSPS) is 34.2. The van der Waals surface area contributed by atoms with Gasteiger partial charge in [0.2, 0.25) is 23.6 Å². The molecule has 2 unspecified atom stereocenters. The number of hydrogen-bond donors (Lipinski definition) is 5. The number of nitrogens with one attached hydrogen (secondary N) is 4. The number of carbonyl (C=O) groups excluding carboxylic acids is 5. The molecule has 21 atom stereocenters. The minimum atomic E-state index is -1.10. The number of aromatic nitrogens is 5. The number of nitrogens with zero attached hydrogens (tertiary/aromatic N) is 6. The van der Waals surface area contributed by atoms with Crippen LogP contribution in [0.4, 0.5) is 0 Å². The summed E-state index contributed by atoms with van der Waals surface area (Å²) in [5.41, 5.74) is 3.40. The van der Waals surface area contributed by atoms with Gasteiger partial charge in [-0.15, -0.1) is 5.10 Å². The van der Waals surface area contributed by atoms with Crippen molar-refractivity contribution < 1.29 is 110 Å². The topological polar surface area (TPSA) is 296 Å². The summed E-state index contributed by atoms with van der Waals surface area (Å²) in [5, 5.41) is 31.6. The van der Waals surface area contributed by atoms with Crippen LogP contribution in [0, 0.1) is 56.4 Å². The van der Waals surface area contributed by atoms with Gasteiger partial charge < -0.3 is 86.5 Å². The van der Waals surface area contributed by atoms with E-state index in [-0.39, 0.29) is 161 Å². The van der Waals surface area contributed by atoms with Crippen molar-refractivity contribution in [3.63, 3.8) is 0 Å². The second-order valence-electron chi connectivity index (χ2n) is 28.5. The van der Waals surface area contributed by atoms with Crippen molar-refractivity contribution in [3.05, 3.63) is 42.9 Å². The predicted molar refractivity (Wildman–Crippen MR) is 349 cm³/mol. The first-order valence-electron chi connectivity index (χ1n) is 35.4. The molecule has 27 heteroatoms. The summed E-state index contributed by atoms with van der Waals surface area (Å²) in [6, 6.07) is -1.91. The first kappa shape index (κ1) is 75.0. The summed E-state index contributed by atoms with van der Waals surface area (Å²) >= 11 is 4.98. The molecule has 10 aliphatic heterocycles. The van der Waals surface area contributed by atoms with Crippen LogP contribution in [0.15, 0.2) is 48.1 Å². The zero-order valence-electron chi connectivity index (χ0n) is 56.7.